The summed E-state index contributed by atoms with van der Waals surface area (Å²) in [5, 5.41) is 0. The Morgan fingerprint density at radius 2 is 1.50 bits per heavy atom. The van der Waals surface area contributed by atoms with Crippen LogP contribution in [0.1, 0.15) is 100.0 Å². The monoisotopic (exact) mass is 558 g/mol. The fourth-order valence-electron chi connectivity index (χ4n) is 3.83. The fraction of sp³-hybridized carbons (Fsp3) is 0.724. The predicted molar refractivity (Wildman–Crippen MR) is 156 cm³/mol. The third-order valence-electron chi connectivity index (χ3n) is 6.95. The molecule has 0 radical (unpaired) electrons. The van der Waals surface area contributed by atoms with Gasteiger partial charge in [0.25, 0.3) is 10.1 Å². The van der Waals surface area contributed by atoms with Gasteiger partial charge < -0.3 is 14.5 Å². The Morgan fingerprint density at radius 1 is 0.947 bits per heavy atom. The van der Waals surface area contributed by atoms with Crippen LogP contribution in [0, 0.1) is 5.92 Å². The summed E-state index contributed by atoms with van der Waals surface area (Å²) in [7, 11) is -4.05. The van der Waals surface area contributed by atoms with Gasteiger partial charge in [-0.2, -0.15) is 8.42 Å². The van der Waals surface area contributed by atoms with E-state index in [4.69, 9.17) is 9.29 Å². The summed E-state index contributed by atoms with van der Waals surface area (Å²) in [6.07, 6.45) is 4.83. The molecular formula is C29H54N2O6S. The normalized spacial score (nSPS) is 17.4. The molecule has 0 spiro atoms. The molecule has 1 aromatic carbocycles. The Bertz CT molecular complexity index is 898. The van der Waals surface area contributed by atoms with Gasteiger partial charge in [-0.1, -0.05) is 61.6 Å². The summed E-state index contributed by atoms with van der Waals surface area (Å²) in [5.41, 5.74) is 1.08. The predicted octanol–water partition coefficient (Wildman–Crippen LogP) is 6.02. The second-order valence-electron chi connectivity index (χ2n) is 9.55. The Balaban J connectivity index is 0. The summed E-state index contributed by atoms with van der Waals surface area (Å²) >= 11 is 0. The molecule has 1 N–H and O–H groups in total. The average molecular weight is 559 g/mol. The van der Waals surface area contributed by atoms with Crippen molar-refractivity contribution in [1.29, 1.82) is 0 Å². The molecule has 2 saturated heterocycles. The largest absolute Gasteiger partial charge is 0.378 e. The van der Waals surface area contributed by atoms with Crippen molar-refractivity contribution in [1.82, 2.24) is 9.80 Å². The molecule has 3 unspecified atom stereocenters. The first kappa shape index (κ1) is 38.2. The molecule has 0 aliphatic carbocycles. The van der Waals surface area contributed by atoms with Crippen molar-refractivity contribution in [2.24, 2.45) is 5.92 Å². The van der Waals surface area contributed by atoms with Gasteiger partial charge >= 0.3 is 0 Å². The number of hydrogen-bond donors (Lipinski definition) is 1. The van der Waals surface area contributed by atoms with Crippen LogP contribution in [0.4, 0.5) is 0 Å². The zero-order valence-electron chi connectivity index (χ0n) is 22.9. The van der Waals surface area contributed by atoms with Crippen LogP contribution in [0.2, 0.25) is 0 Å². The highest BCUT2D eigenvalue weighted by Gasteiger charge is 2.23. The molecule has 0 bridgehead atoms. The third-order valence-corrected chi connectivity index (χ3v) is 7.82. The molecule has 2 heterocycles. The standard InChI is InChI=1S/C10H14O3S.C9H17NO2.C8H15NO.2CH4/c1-3-8(2)9-4-6-10(7-5-9)14(11,12)13;1-3-8(2)9(11)10-4-6-12-7-5-10;1-3-7(2)9-6-4-5-8(9)10;;/h4-8H,3H2,1-2H3,(H,11,12,13);8H,3-7H2,1-2H3;7H,3-6H2,1-2H3;2*1H4. The van der Waals surface area contributed by atoms with Gasteiger partial charge in [-0.3, -0.25) is 14.1 Å². The lowest BCUT2D eigenvalue weighted by atomic mass is 9.99. The molecule has 8 nitrogen and oxygen atoms in total. The maximum Gasteiger partial charge on any atom is 0.294 e. The topological polar surface area (TPSA) is 104 Å². The van der Waals surface area contributed by atoms with Crippen LogP contribution in [-0.4, -0.2) is 73.5 Å². The molecule has 3 rings (SSSR count). The Morgan fingerprint density at radius 3 is 1.89 bits per heavy atom. The molecule has 3 atom stereocenters. The van der Waals surface area contributed by atoms with Crippen LogP contribution >= 0.6 is 0 Å². The number of ether oxygens (including phenoxy) is 1. The number of morpholine rings is 1. The summed E-state index contributed by atoms with van der Waals surface area (Å²) in [6.45, 7) is 16.3. The second kappa shape index (κ2) is 19.1. The van der Waals surface area contributed by atoms with E-state index in [1.54, 1.807) is 12.1 Å². The van der Waals surface area contributed by atoms with Crippen molar-refractivity contribution in [2.45, 2.75) is 105 Å². The van der Waals surface area contributed by atoms with Crippen LogP contribution in [0.25, 0.3) is 0 Å². The molecule has 1 aromatic rings. The van der Waals surface area contributed by atoms with Gasteiger partial charge in [0.15, 0.2) is 0 Å². The quantitative estimate of drug-likeness (QED) is 0.411. The highest BCUT2D eigenvalue weighted by molar-refractivity contribution is 7.85. The van der Waals surface area contributed by atoms with Crippen molar-refractivity contribution < 1.29 is 27.3 Å². The van der Waals surface area contributed by atoms with Gasteiger partial charge in [-0.15, -0.1) is 0 Å². The average Bonchev–Trinajstić information content (AvgIpc) is 3.33. The molecule has 9 heteroatoms. The minimum absolute atomic E-state index is 0. The van der Waals surface area contributed by atoms with Crippen LogP contribution < -0.4 is 0 Å². The Hall–Kier alpha value is -1.97. The lowest BCUT2D eigenvalue weighted by Crippen LogP contribution is -2.43. The molecule has 38 heavy (non-hydrogen) atoms. The van der Waals surface area contributed by atoms with Gasteiger partial charge in [-0.05, 0) is 56.2 Å². The summed E-state index contributed by atoms with van der Waals surface area (Å²) in [6, 6.07) is 6.78. The van der Waals surface area contributed by atoms with Gasteiger partial charge in [0.2, 0.25) is 11.8 Å². The molecule has 2 aliphatic rings. The third kappa shape index (κ3) is 12.7. The van der Waals surface area contributed by atoms with E-state index >= 15 is 0 Å². The zero-order chi connectivity index (χ0) is 27.3. The van der Waals surface area contributed by atoms with Crippen molar-refractivity contribution in [3.8, 4) is 0 Å². The van der Waals surface area contributed by atoms with E-state index in [9.17, 15) is 18.0 Å². The van der Waals surface area contributed by atoms with Crippen LogP contribution in [0.5, 0.6) is 0 Å². The molecule has 2 amide bonds. The second-order valence-corrected chi connectivity index (χ2v) is 11.0. The first-order valence-corrected chi connectivity index (χ1v) is 14.6. The highest BCUT2D eigenvalue weighted by Crippen LogP contribution is 2.20. The smallest absolute Gasteiger partial charge is 0.294 e. The van der Waals surface area contributed by atoms with Gasteiger partial charge in [0, 0.05) is 38.0 Å². The van der Waals surface area contributed by atoms with E-state index in [0.29, 0.717) is 31.1 Å². The van der Waals surface area contributed by atoms with Crippen LogP contribution in [0.3, 0.4) is 0 Å². The number of carbonyl (C=O) groups is 2. The van der Waals surface area contributed by atoms with E-state index in [0.717, 1.165) is 57.3 Å². The Kier molecular flexibility index (Phi) is 19.2. The summed E-state index contributed by atoms with van der Waals surface area (Å²) in [4.78, 5) is 26.5. The molecule has 2 fully saturated rings. The van der Waals surface area contributed by atoms with E-state index in [-0.39, 0.29) is 31.6 Å². The molecular weight excluding hydrogens is 504 g/mol. The van der Waals surface area contributed by atoms with Gasteiger partial charge in [-0.25, -0.2) is 0 Å². The van der Waals surface area contributed by atoms with Crippen LogP contribution in [0.15, 0.2) is 29.2 Å². The summed E-state index contributed by atoms with van der Waals surface area (Å²) < 4.78 is 35.4. The van der Waals surface area contributed by atoms with E-state index < -0.39 is 10.1 Å². The number of hydrogen-bond acceptors (Lipinski definition) is 5. The lowest BCUT2D eigenvalue weighted by molar-refractivity contribution is -0.139. The van der Waals surface area contributed by atoms with Gasteiger partial charge in [0.1, 0.15) is 0 Å². The van der Waals surface area contributed by atoms with Crippen molar-refractivity contribution in [3.63, 3.8) is 0 Å². The van der Waals surface area contributed by atoms with Crippen molar-refractivity contribution in [3.05, 3.63) is 29.8 Å². The highest BCUT2D eigenvalue weighted by atomic mass is 32.2. The molecule has 2 aliphatic heterocycles. The Labute approximate surface area is 232 Å². The van der Waals surface area contributed by atoms with Crippen LogP contribution in [-0.2, 0) is 24.4 Å². The van der Waals surface area contributed by atoms with Crippen molar-refractivity contribution >= 4 is 21.9 Å². The van der Waals surface area contributed by atoms with E-state index in [1.165, 1.54) is 12.1 Å². The zero-order valence-corrected chi connectivity index (χ0v) is 23.7. The first-order chi connectivity index (χ1) is 17.0. The van der Waals surface area contributed by atoms with Crippen molar-refractivity contribution in [2.75, 3.05) is 32.8 Å². The SMILES string of the molecule is C.C.CCC(C)C(=O)N1CCOCC1.CCC(C)N1CCCC1=O.CCC(C)c1ccc(S(=O)(=O)O)cc1. The number of amides is 2. The number of carbonyl (C=O) groups excluding carboxylic acids is 2. The maximum absolute atomic E-state index is 11.6. The van der Waals surface area contributed by atoms with E-state index in [2.05, 4.69) is 27.7 Å². The van der Waals surface area contributed by atoms with Gasteiger partial charge in [0.05, 0.1) is 18.1 Å². The lowest BCUT2D eigenvalue weighted by Gasteiger charge is -2.28. The molecule has 222 valence electrons. The number of benzene rings is 1. The maximum atomic E-state index is 11.6. The first-order valence-electron chi connectivity index (χ1n) is 13.2. The number of nitrogens with zero attached hydrogens (tertiary/aromatic N) is 2. The molecule has 0 saturated carbocycles. The van der Waals surface area contributed by atoms with E-state index in [1.807, 2.05) is 23.6 Å². The minimum Gasteiger partial charge on any atom is -0.378 e. The summed E-state index contributed by atoms with van der Waals surface area (Å²) in [5.74, 6) is 1.20. The minimum atomic E-state index is -4.05. The molecule has 0 aromatic heterocycles. The number of likely N-dealkylation sites (tertiary alicyclic amines) is 1. The number of rotatable bonds is 7. The fourth-order valence-corrected chi connectivity index (χ4v) is 4.31.